The molecule has 0 amide bonds. The molecule has 0 aliphatic heterocycles. The van der Waals surface area contributed by atoms with E-state index in [1.165, 1.54) is 7.11 Å². The van der Waals surface area contributed by atoms with Gasteiger partial charge in [0.15, 0.2) is 9.84 Å². The molecule has 4 nitrogen and oxygen atoms in total. The molecule has 1 aromatic carbocycles. The van der Waals surface area contributed by atoms with E-state index in [0.29, 0.717) is 16.6 Å². The zero-order valence-electron chi connectivity index (χ0n) is 12.1. The van der Waals surface area contributed by atoms with Gasteiger partial charge in [0, 0.05) is 6.04 Å². The van der Waals surface area contributed by atoms with Gasteiger partial charge in [-0.3, -0.25) is 0 Å². The summed E-state index contributed by atoms with van der Waals surface area (Å²) in [7, 11) is -1.82. The Morgan fingerprint density at radius 1 is 1.35 bits per heavy atom. The van der Waals surface area contributed by atoms with Crippen molar-refractivity contribution in [3.05, 3.63) is 24.3 Å². The van der Waals surface area contributed by atoms with E-state index < -0.39 is 9.84 Å². The van der Waals surface area contributed by atoms with Gasteiger partial charge in [-0.05, 0) is 43.9 Å². The van der Waals surface area contributed by atoms with Gasteiger partial charge in [-0.1, -0.05) is 19.1 Å². The Hall–Kier alpha value is -1.07. The van der Waals surface area contributed by atoms with Gasteiger partial charge in [0.1, 0.15) is 10.6 Å². The van der Waals surface area contributed by atoms with Crippen molar-refractivity contribution >= 4 is 9.84 Å². The number of rotatable bonds is 8. The van der Waals surface area contributed by atoms with Gasteiger partial charge >= 0.3 is 0 Å². The lowest BCUT2D eigenvalue weighted by molar-refractivity contribution is 0.402. The topological polar surface area (TPSA) is 55.4 Å². The van der Waals surface area contributed by atoms with E-state index >= 15 is 0 Å². The van der Waals surface area contributed by atoms with Gasteiger partial charge in [0.05, 0.1) is 12.9 Å². The number of nitrogens with one attached hydrogen (secondary N) is 1. The molecule has 2 rings (SSSR count). The molecule has 1 saturated carbocycles. The van der Waals surface area contributed by atoms with Crippen molar-refractivity contribution in [1.29, 1.82) is 0 Å². The van der Waals surface area contributed by atoms with E-state index in [-0.39, 0.29) is 11.8 Å². The fourth-order valence-corrected chi connectivity index (χ4v) is 4.18. The van der Waals surface area contributed by atoms with Crippen LogP contribution in [0.2, 0.25) is 0 Å². The summed E-state index contributed by atoms with van der Waals surface area (Å²) in [6.45, 7) is 2.95. The molecule has 1 N–H and O–H groups in total. The fourth-order valence-electron chi connectivity index (χ4n) is 2.39. The average molecular weight is 297 g/mol. The Morgan fingerprint density at radius 2 is 2.05 bits per heavy atom. The molecule has 1 unspecified atom stereocenters. The number of hydrogen-bond acceptors (Lipinski definition) is 4. The molecule has 1 atom stereocenters. The number of para-hydroxylation sites is 1. The Morgan fingerprint density at radius 3 is 2.65 bits per heavy atom. The van der Waals surface area contributed by atoms with Crippen molar-refractivity contribution in [2.75, 3.05) is 19.4 Å². The molecule has 0 bridgehead atoms. The third-order valence-electron chi connectivity index (χ3n) is 3.65. The van der Waals surface area contributed by atoms with Gasteiger partial charge in [-0.25, -0.2) is 8.42 Å². The molecule has 1 aromatic rings. The summed E-state index contributed by atoms with van der Waals surface area (Å²) in [6, 6.07) is 6.90. The normalized spacial score (nSPS) is 16.9. The van der Waals surface area contributed by atoms with Crippen molar-refractivity contribution in [3.63, 3.8) is 0 Å². The maximum absolute atomic E-state index is 12.6. The van der Waals surface area contributed by atoms with Crippen molar-refractivity contribution in [2.24, 2.45) is 5.92 Å². The van der Waals surface area contributed by atoms with Crippen molar-refractivity contribution in [1.82, 2.24) is 5.32 Å². The van der Waals surface area contributed by atoms with Crippen LogP contribution in [0.5, 0.6) is 5.75 Å². The summed E-state index contributed by atoms with van der Waals surface area (Å²) in [5, 5.41) is 3.37. The standard InChI is InChI=1S/C15H23NO3S/c1-3-10-16-13(12-8-9-12)11-20(17,18)15-7-5-4-6-14(15)19-2/h4-7,12-13,16H,3,8-11H2,1-2H3. The predicted molar refractivity (Wildman–Crippen MR) is 79.9 cm³/mol. The van der Waals surface area contributed by atoms with Gasteiger partial charge in [-0.2, -0.15) is 0 Å². The summed E-state index contributed by atoms with van der Waals surface area (Å²) in [5.41, 5.74) is 0. The predicted octanol–water partition coefficient (Wildman–Crippen LogP) is 2.25. The molecule has 5 heteroatoms. The molecule has 0 radical (unpaired) electrons. The highest BCUT2D eigenvalue weighted by Gasteiger charge is 2.35. The molecular weight excluding hydrogens is 274 g/mol. The van der Waals surface area contributed by atoms with Gasteiger partial charge in [-0.15, -0.1) is 0 Å². The maximum atomic E-state index is 12.6. The minimum Gasteiger partial charge on any atom is -0.495 e. The molecule has 0 aromatic heterocycles. The highest BCUT2D eigenvalue weighted by molar-refractivity contribution is 7.91. The summed E-state index contributed by atoms with van der Waals surface area (Å²) in [4.78, 5) is 0.298. The minimum absolute atomic E-state index is 0.0601. The molecule has 1 fully saturated rings. The first-order chi connectivity index (χ1) is 9.58. The van der Waals surface area contributed by atoms with Crippen LogP contribution in [0.1, 0.15) is 26.2 Å². The van der Waals surface area contributed by atoms with E-state index in [1.807, 2.05) is 0 Å². The van der Waals surface area contributed by atoms with Crippen LogP contribution in [-0.4, -0.2) is 33.9 Å². The highest BCUT2D eigenvalue weighted by Crippen LogP contribution is 2.35. The lowest BCUT2D eigenvalue weighted by atomic mass is 10.2. The van der Waals surface area contributed by atoms with Crippen LogP contribution < -0.4 is 10.1 Å². The second-order valence-electron chi connectivity index (χ2n) is 5.33. The molecule has 112 valence electrons. The van der Waals surface area contributed by atoms with Gasteiger partial charge in [0.2, 0.25) is 0 Å². The van der Waals surface area contributed by atoms with Crippen LogP contribution in [0.15, 0.2) is 29.2 Å². The number of benzene rings is 1. The zero-order chi connectivity index (χ0) is 14.6. The minimum atomic E-state index is -3.33. The van der Waals surface area contributed by atoms with Crippen LogP contribution in [0.25, 0.3) is 0 Å². The van der Waals surface area contributed by atoms with Crippen LogP contribution in [0.4, 0.5) is 0 Å². The van der Waals surface area contributed by atoms with Gasteiger partial charge < -0.3 is 10.1 Å². The Kier molecular flexibility index (Phi) is 5.05. The smallest absolute Gasteiger partial charge is 0.183 e. The van der Waals surface area contributed by atoms with E-state index in [2.05, 4.69) is 12.2 Å². The van der Waals surface area contributed by atoms with E-state index in [4.69, 9.17) is 4.74 Å². The summed E-state index contributed by atoms with van der Waals surface area (Å²) < 4.78 is 30.4. The quantitative estimate of drug-likeness (QED) is 0.799. The van der Waals surface area contributed by atoms with Crippen LogP contribution in [-0.2, 0) is 9.84 Å². The van der Waals surface area contributed by atoms with E-state index in [1.54, 1.807) is 24.3 Å². The lowest BCUT2D eigenvalue weighted by Gasteiger charge is -2.18. The molecule has 20 heavy (non-hydrogen) atoms. The molecule has 1 aliphatic rings. The highest BCUT2D eigenvalue weighted by atomic mass is 32.2. The van der Waals surface area contributed by atoms with Crippen molar-refractivity contribution < 1.29 is 13.2 Å². The largest absolute Gasteiger partial charge is 0.495 e. The van der Waals surface area contributed by atoms with Crippen molar-refractivity contribution in [3.8, 4) is 5.75 Å². The molecule has 1 aliphatic carbocycles. The number of methoxy groups -OCH3 is 1. The van der Waals surface area contributed by atoms with Crippen LogP contribution in [0, 0.1) is 5.92 Å². The Bertz CT molecular complexity index is 538. The summed E-state index contributed by atoms with van der Waals surface area (Å²) >= 11 is 0. The fraction of sp³-hybridized carbons (Fsp3) is 0.600. The third-order valence-corrected chi connectivity index (χ3v) is 5.46. The Labute approximate surface area is 121 Å². The molecule has 0 spiro atoms. The van der Waals surface area contributed by atoms with E-state index in [0.717, 1.165) is 25.8 Å². The molecule has 0 heterocycles. The summed E-state index contributed by atoms with van der Waals surface area (Å²) in [6.07, 6.45) is 3.27. The molecule has 0 saturated heterocycles. The van der Waals surface area contributed by atoms with Gasteiger partial charge in [0.25, 0.3) is 0 Å². The molecular formula is C15H23NO3S. The lowest BCUT2D eigenvalue weighted by Crippen LogP contribution is -2.38. The van der Waals surface area contributed by atoms with Crippen molar-refractivity contribution in [2.45, 2.75) is 37.1 Å². The second kappa shape index (κ2) is 6.59. The first-order valence-corrected chi connectivity index (χ1v) is 8.83. The summed E-state index contributed by atoms with van der Waals surface area (Å²) in [5.74, 6) is 1.08. The SMILES string of the molecule is CCCNC(CS(=O)(=O)c1ccccc1OC)C1CC1. The van der Waals surface area contributed by atoms with Crippen LogP contribution in [0.3, 0.4) is 0 Å². The average Bonchev–Trinajstić information content (AvgIpc) is 3.28. The number of hydrogen-bond donors (Lipinski definition) is 1. The maximum Gasteiger partial charge on any atom is 0.183 e. The van der Waals surface area contributed by atoms with E-state index in [9.17, 15) is 8.42 Å². The number of sulfone groups is 1. The second-order valence-corrected chi connectivity index (χ2v) is 7.33. The monoisotopic (exact) mass is 297 g/mol. The van der Waals surface area contributed by atoms with Crippen LogP contribution >= 0.6 is 0 Å². The first kappa shape index (κ1) is 15.3. The zero-order valence-corrected chi connectivity index (χ0v) is 12.9. The third kappa shape index (κ3) is 3.73. The Balaban J connectivity index is 2.16. The number of ether oxygens (including phenoxy) is 1. The first-order valence-electron chi connectivity index (χ1n) is 7.17.